The summed E-state index contributed by atoms with van der Waals surface area (Å²) in [6, 6.07) is 5.19. The second-order valence-electron chi connectivity index (χ2n) is 4.71. The molecule has 0 aliphatic heterocycles. The Balaban J connectivity index is 2.18. The lowest BCUT2D eigenvalue weighted by atomic mass is 10.0. The van der Waals surface area contributed by atoms with Gasteiger partial charge in [0.15, 0.2) is 0 Å². The second-order valence-corrected chi connectivity index (χ2v) is 5.56. The normalized spacial score (nSPS) is 11.7. The molecule has 2 N–H and O–H groups in total. The van der Waals surface area contributed by atoms with Gasteiger partial charge in [0.05, 0.1) is 7.11 Å². The van der Waals surface area contributed by atoms with E-state index >= 15 is 0 Å². The van der Waals surface area contributed by atoms with Gasteiger partial charge in [-0.25, -0.2) is 9.78 Å². The molecule has 0 unspecified atom stereocenters. The number of aromatic nitrogens is 1. The number of halogens is 1. The first-order valence-corrected chi connectivity index (χ1v) is 7.01. The largest absolute Gasteiger partial charge is 0.464 e. The number of benzene rings is 1. The lowest BCUT2D eigenvalue weighted by molar-refractivity contribution is 0.0594. The molecule has 106 valence electrons. The number of hydrogen-bond acceptors (Lipinski definition) is 4. The fourth-order valence-corrected chi connectivity index (χ4v) is 3.19. The topological polar surface area (TPSA) is 82.3 Å². The average Bonchev–Trinajstić information content (AvgIpc) is 2.85. The summed E-state index contributed by atoms with van der Waals surface area (Å²) in [5.41, 5.74) is 9.75. The number of rotatable bonds is 2. The maximum atomic E-state index is 11.6. The molecule has 1 aliphatic carbocycles. The van der Waals surface area contributed by atoms with Crippen LogP contribution < -0.4 is 5.73 Å². The molecule has 0 atom stereocenters. The molecule has 6 heteroatoms. The number of carbonyl (C=O) groups excluding carboxylic acids is 2. The van der Waals surface area contributed by atoms with Crippen LogP contribution in [0.1, 0.15) is 32.0 Å². The van der Waals surface area contributed by atoms with Crippen molar-refractivity contribution in [2.24, 2.45) is 5.73 Å². The quantitative estimate of drug-likeness (QED) is 0.721. The van der Waals surface area contributed by atoms with E-state index in [0.29, 0.717) is 12.0 Å². The van der Waals surface area contributed by atoms with Crippen molar-refractivity contribution < 1.29 is 14.3 Å². The lowest BCUT2D eigenvalue weighted by Crippen LogP contribution is -2.13. The van der Waals surface area contributed by atoms with Crippen molar-refractivity contribution in [2.45, 2.75) is 6.42 Å². The molecule has 5 nitrogen and oxygen atoms in total. The Bertz CT molecular complexity index is 787. The summed E-state index contributed by atoms with van der Waals surface area (Å²) < 4.78 is 5.54. The van der Waals surface area contributed by atoms with Crippen molar-refractivity contribution in [3.05, 3.63) is 51.3 Å². The number of nitrogens with zero attached hydrogens (tertiary/aromatic N) is 1. The highest BCUT2D eigenvalue weighted by atomic mass is 79.9. The zero-order chi connectivity index (χ0) is 15.1. The summed E-state index contributed by atoms with van der Waals surface area (Å²) >= 11 is 3.49. The van der Waals surface area contributed by atoms with Crippen molar-refractivity contribution >= 4 is 27.8 Å². The molecule has 0 bridgehead atoms. The Morgan fingerprint density at radius 1 is 1.38 bits per heavy atom. The van der Waals surface area contributed by atoms with Crippen molar-refractivity contribution in [3.8, 4) is 11.1 Å². The standard InChI is InChI=1S/C15H11BrN2O3/c1-21-15(20)12-5-7-4-9-8(14(17)19)2-3-11(16)13(9)10(7)6-18-12/h2-3,5-6H,4H2,1H3,(H2,17,19). The van der Waals surface area contributed by atoms with E-state index in [1.54, 1.807) is 24.4 Å². The van der Waals surface area contributed by atoms with Crippen LogP contribution >= 0.6 is 15.9 Å². The first-order chi connectivity index (χ1) is 10.0. The fourth-order valence-electron chi connectivity index (χ4n) is 2.60. The van der Waals surface area contributed by atoms with Crippen LogP contribution in [0.15, 0.2) is 28.9 Å². The molecular weight excluding hydrogens is 336 g/mol. The van der Waals surface area contributed by atoms with Gasteiger partial charge in [-0.3, -0.25) is 4.79 Å². The number of methoxy groups -OCH3 is 1. The SMILES string of the molecule is COC(=O)c1cc2c(cn1)-c1c(Br)ccc(C(N)=O)c1C2. The molecule has 3 rings (SSSR count). The first-order valence-electron chi connectivity index (χ1n) is 6.21. The zero-order valence-corrected chi connectivity index (χ0v) is 12.7. The van der Waals surface area contributed by atoms with Crippen molar-refractivity contribution in [2.75, 3.05) is 7.11 Å². The Morgan fingerprint density at radius 3 is 2.81 bits per heavy atom. The minimum atomic E-state index is -0.483. The molecule has 0 saturated carbocycles. The summed E-state index contributed by atoms with van der Waals surface area (Å²) in [6.45, 7) is 0. The third-order valence-corrected chi connectivity index (χ3v) is 4.21. The van der Waals surface area contributed by atoms with E-state index < -0.39 is 11.9 Å². The van der Waals surface area contributed by atoms with E-state index in [1.165, 1.54) is 7.11 Å². The van der Waals surface area contributed by atoms with E-state index in [9.17, 15) is 9.59 Å². The van der Waals surface area contributed by atoms with E-state index in [0.717, 1.165) is 26.7 Å². The number of esters is 1. The molecule has 1 aromatic heterocycles. The number of amides is 1. The van der Waals surface area contributed by atoms with Crippen LogP contribution in [0.2, 0.25) is 0 Å². The molecule has 2 aromatic rings. The van der Waals surface area contributed by atoms with Gasteiger partial charge in [0.25, 0.3) is 0 Å². The Hall–Kier alpha value is -2.21. The van der Waals surface area contributed by atoms with Crippen LogP contribution in [0, 0.1) is 0 Å². The summed E-state index contributed by atoms with van der Waals surface area (Å²) in [5, 5.41) is 0. The van der Waals surface area contributed by atoms with Crippen molar-refractivity contribution in [1.29, 1.82) is 0 Å². The number of pyridine rings is 1. The lowest BCUT2D eigenvalue weighted by Gasteiger charge is -2.07. The minimum Gasteiger partial charge on any atom is -0.464 e. The molecule has 0 saturated heterocycles. The van der Waals surface area contributed by atoms with Gasteiger partial charge < -0.3 is 10.5 Å². The number of nitrogens with two attached hydrogens (primary N) is 1. The van der Waals surface area contributed by atoms with Crippen LogP contribution in [0.4, 0.5) is 0 Å². The van der Waals surface area contributed by atoms with Gasteiger partial charge in [-0.05, 0) is 35.7 Å². The predicted molar refractivity (Wildman–Crippen MR) is 80.0 cm³/mol. The molecule has 1 heterocycles. The third kappa shape index (κ3) is 2.12. The van der Waals surface area contributed by atoms with Gasteiger partial charge in [-0.1, -0.05) is 15.9 Å². The Labute approximate surface area is 129 Å². The highest BCUT2D eigenvalue weighted by molar-refractivity contribution is 9.10. The van der Waals surface area contributed by atoms with E-state index in [-0.39, 0.29) is 5.69 Å². The Morgan fingerprint density at radius 2 is 2.14 bits per heavy atom. The first kappa shape index (κ1) is 13.8. The Kier molecular flexibility index (Phi) is 3.25. The molecule has 1 aliphatic rings. The van der Waals surface area contributed by atoms with Crippen LogP contribution in [0.5, 0.6) is 0 Å². The van der Waals surface area contributed by atoms with E-state index in [2.05, 4.69) is 25.7 Å². The number of primary amides is 1. The van der Waals surface area contributed by atoms with Crippen molar-refractivity contribution in [3.63, 3.8) is 0 Å². The maximum Gasteiger partial charge on any atom is 0.356 e. The maximum absolute atomic E-state index is 11.6. The van der Waals surface area contributed by atoms with Gasteiger partial charge in [-0.15, -0.1) is 0 Å². The van der Waals surface area contributed by atoms with Gasteiger partial charge in [0.2, 0.25) is 5.91 Å². The van der Waals surface area contributed by atoms with Crippen LogP contribution in [-0.4, -0.2) is 24.0 Å². The van der Waals surface area contributed by atoms with Crippen LogP contribution in [0.25, 0.3) is 11.1 Å². The average molecular weight is 347 g/mol. The molecule has 1 amide bonds. The number of fused-ring (bicyclic) bond motifs is 3. The molecular formula is C15H11BrN2O3. The molecule has 0 radical (unpaired) electrons. The van der Waals surface area contributed by atoms with E-state index in [1.807, 2.05) is 0 Å². The van der Waals surface area contributed by atoms with Gasteiger partial charge in [0.1, 0.15) is 5.69 Å². The summed E-state index contributed by atoms with van der Waals surface area (Å²) in [7, 11) is 1.31. The minimum absolute atomic E-state index is 0.251. The van der Waals surface area contributed by atoms with E-state index in [4.69, 9.17) is 5.73 Å². The number of carbonyl (C=O) groups is 2. The molecule has 1 aromatic carbocycles. The fraction of sp³-hybridized carbons (Fsp3) is 0.133. The highest BCUT2D eigenvalue weighted by Gasteiger charge is 2.26. The van der Waals surface area contributed by atoms with Crippen molar-refractivity contribution in [1.82, 2.24) is 4.98 Å². The molecule has 0 spiro atoms. The number of ether oxygens (including phenoxy) is 1. The van der Waals surface area contributed by atoms with Gasteiger partial charge in [-0.2, -0.15) is 0 Å². The van der Waals surface area contributed by atoms with Gasteiger partial charge >= 0.3 is 5.97 Å². The smallest absolute Gasteiger partial charge is 0.356 e. The third-order valence-electron chi connectivity index (χ3n) is 3.55. The van der Waals surface area contributed by atoms with Crippen LogP contribution in [-0.2, 0) is 11.2 Å². The second kappa shape index (κ2) is 4.96. The zero-order valence-electron chi connectivity index (χ0n) is 11.1. The molecule has 21 heavy (non-hydrogen) atoms. The molecule has 0 fully saturated rings. The monoisotopic (exact) mass is 346 g/mol. The highest BCUT2D eigenvalue weighted by Crippen LogP contribution is 2.42. The summed E-state index contributed by atoms with van der Waals surface area (Å²) in [6.07, 6.45) is 2.16. The number of hydrogen-bond donors (Lipinski definition) is 1. The van der Waals surface area contributed by atoms with Gasteiger partial charge in [0, 0.05) is 27.4 Å². The predicted octanol–water partition coefficient (Wildman–Crippen LogP) is 2.30. The van der Waals surface area contributed by atoms with Crippen LogP contribution in [0.3, 0.4) is 0 Å². The summed E-state index contributed by atoms with van der Waals surface area (Å²) in [4.78, 5) is 27.2. The summed E-state index contributed by atoms with van der Waals surface area (Å²) in [5.74, 6) is -0.948.